The molecule has 1 heterocycles. The smallest absolute Gasteiger partial charge is 0.257 e. The third-order valence-electron chi connectivity index (χ3n) is 4.48. The summed E-state index contributed by atoms with van der Waals surface area (Å²) in [5.74, 6) is -0.233. The van der Waals surface area contributed by atoms with Crippen molar-refractivity contribution in [2.45, 2.75) is 0 Å². The summed E-state index contributed by atoms with van der Waals surface area (Å²) < 4.78 is 0. The van der Waals surface area contributed by atoms with Crippen molar-refractivity contribution in [3.63, 3.8) is 0 Å². The summed E-state index contributed by atoms with van der Waals surface area (Å²) in [6.07, 6.45) is 0. The summed E-state index contributed by atoms with van der Waals surface area (Å²) in [4.78, 5) is 19.2. The molecule has 0 saturated heterocycles. The highest BCUT2D eigenvalue weighted by Crippen LogP contribution is 2.31. The van der Waals surface area contributed by atoms with Crippen LogP contribution in [0.2, 0.25) is 5.02 Å². The van der Waals surface area contributed by atoms with Gasteiger partial charge in [-0.3, -0.25) is 4.79 Å². The second-order valence-corrected chi connectivity index (χ2v) is 7.66. The second kappa shape index (κ2) is 8.47. The zero-order valence-electron chi connectivity index (χ0n) is 15.7. The molecule has 0 atom stereocenters. The lowest BCUT2D eigenvalue weighted by atomic mass is 10.1. The standard InChI is InChI=1S/C23H18ClN3OS/c1-27(18-7-3-2-4-8-18)23-26-21(15-29-23)16-11-13-17(14-12-16)25-22(28)19-9-5-6-10-20(19)24/h2-15H,1H3,(H,25,28). The van der Waals surface area contributed by atoms with Gasteiger partial charge < -0.3 is 10.2 Å². The molecule has 1 N–H and O–H groups in total. The highest BCUT2D eigenvalue weighted by atomic mass is 35.5. The Morgan fingerprint density at radius 1 is 0.966 bits per heavy atom. The summed E-state index contributed by atoms with van der Waals surface area (Å²) in [5.41, 5.74) is 4.13. The second-order valence-electron chi connectivity index (χ2n) is 6.42. The van der Waals surface area contributed by atoms with E-state index in [9.17, 15) is 4.79 Å². The Labute approximate surface area is 178 Å². The molecule has 4 aromatic rings. The Balaban J connectivity index is 1.48. The van der Waals surface area contributed by atoms with Gasteiger partial charge >= 0.3 is 0 Å². The van der Waals surface area contributed by atoms with Crippen molar-refractivity contribution in [2.24, 2.45) is 0 Å². The molecule has 0 saturated carbocycles. The number of nitrogens with zero attached hydrogens (tertiary/aromatic N) is 2. The lowest BCUT2D eigenvalue weighted by molar-refractivity contribution is 0.102. The molecular weight excluding hydrogens is 402 g/mol. The molecule has 6 heteroatoms. The fraction of sp³-hybridized carbons (Fsp3) is 0.0435. The molecular formula is C23H18ClN3OS. The summed E-state index contributed by atoms with van der Waals surface area (Å²) in [6, 6.07) is 24.7. The Hall–Kier alpha value is -3.15. The van der Waals surface area contributed by atoms with Gasteiger partial charge in [-0.05, 0) is 36.4 Å². The maximum absolute atomic E-state index is 12.4. The SMILES string of the molecule is CN(c1ccccc1)c1nc(-c2ccc(NC(=O)c3ccccc3Cl)cc2)cs1. The van der Waals surface area contributed by atoms with Crippen LogP contribution in [0.15, 0.2) is 84.2 Å². The van der Waals surface area contributed by atoms with Gasteiger partial charge in [-0.2, -0.15) is 0 Å². The van der Waals surface area contributed by atoms with Gasteiger partial charge in [-0.15, -0.1) is 11.3 Å². The van der Waals surface area contributed by atoms with E-state index in [-0.39, 0.29) is 5.91 Å². The molecule has 0 aliphatic carbocycles. The van der Waals surface area contributed by atoms with Gasteiger partial charge in [-0.25, -0.2) is 4.98 Å². The number of benzene rings is 3. The molecule has 0 aliphatic rings. The van der Waals surface area contributed by atoms with E-state index < -0.39 is 0 Å². The van der Waals surface area contributed by atoms with Crippen molar-refractivity contribution >= 4 is 45.4 Å². The van der Waals surface area contributed by atoms with E-state index >= 15 is 0 Å². The van der Waals surface area contributed by atoms with Crippen LogP contribution in [0.5, 0.6) is 0 Å². The molecule has 0 fully saturated rings. The predicted octanol–water partition coefficient (Wildman–Crippen LogP) is 6.48. The molecule has 29 heavy (non-hydrogen) atoms. The number of nitrogens with one attached hydrogen (secondary N) is 1. The zero-order chi connectivity index (χ0) is 20.2. The van der Waals surface area contributed by atoms with Crippen LogP contribution in [0, 0.1) is 0 Å². The van der Waals surface area contributed by atoms with Crippen molar-refractivity contribution in [1.29, 1.82) is 0 Å². The number of para-hydroxylation sites is 1. The summed E-state index contributed by atoms with van der Waals surface area (Å²) >= 11 is 7.68. The van der Waals surface area contributed by atoms with Gasteiger partial charge in [0.15, 0.2) is 5.13 Å². The maximum atomic E-state index is 12.4. The van der Waals surface area contributed by atoms with Gasteiger partial charge in [-0.1, -0.05) is 54.1 Å². The van der Waals surface area contributed by atoms with Gasteiger partial charge in [0.1, 0.15) is 0 Å². The monoisotopic (exact) mass is 419 g/mol. The minimum absolute atomic E-state index is 0.233. The first-order valence-electron chi connectivity index (χ1n) is 9.02. The van der Waals surface area contributed by atoms with Crippen molar-refractivity contribution in [1.82, 2.24) is 4.98 Å². The average Bonchev–Trinajstić information content (AvgIpc) is 3.25. The van der Waals surface area contributed by atoms with Gasteiger partial charge in [0, 0.05) is 29.4 Å². The Bertz CT molecular complexity index is 1130. The normalized spacial score (nSPS) is 10.6. The van der Waals surface area contributed by atoms with Crippen LogP contribution in [-0.4, -0.2) is 17.9 Å². The van der Waals surface area contributed by atoms with Crippen LogP contribution < -0.4 is 10.2 Å². The Morgan fingerprint density at radius 3 is 2.38 bits per heavy atom. The van der Waals surface area contributed by atoms with E-state index in [1.807, 2.05) is 54.9 Å². The number of amides is 1. The zero-order valence-corrected chi connectivity index (χ0v) is 17.2. The molecule has 1 amide bonds. The molecule has 4 nitrogen and oxygen atoms in total. The number of carbonyl (C=O) groups excluding carboxylic acids is 1. The molecule has 4 rings (SSSR count). The molecule has 0 unspecified atom stereocenters. The third-order valence-corrected chi connectivity index (χ3v) is 5.73. The number of rotatable bonds is 5. The highest BCUT2D eigenvalue weighted by molar-refractivity contribution is 7.14. The van der Waals surface area contributed by atoms with Crippen molar-refractivity contribution in [2.75, 3.05) is 17.3 Å². The summed E-state index contributed by atoms with van der Waals surface area (Å²) in [6.45, 7) is 0. The quantitative estimate of drug-likeness (QED) is 0.402. The van der Waals surface area contributed by atoms with Gasteiger partial charge in [0.2, 0.25) is 0 Å². The molecule has 0 radical (unpaired) electrons. The molecule has 0 spiro atoms. The van der Waals surface area contributed by atoms with Crippen LogP contribution >= 0.6 is 22.9 Å². The molecule has 144 valence electrons. The van der Waals surface area contributed by atoms with E-state index in [0.717, 1.165) is 22.1 Å². The molecule has 3 aromatic carbocycles. The first kappa shape index (κ1) is 19.2. The number of hydrogen-bond donors (Lipinski definition) is 1. The lowest BCUT2D eigenvalue weighted by Crippen LogP contribution is -2.12. The van der Waals surface area contributed by atoms with E-state index in [1.54, 1.807) is 35.6 Å². The van der Waals surface area contributed by atoms with E-state index in [0.29, 0.717) is 16.3 Å². The minimum atomic E-state index is -0.233. The Kier molecular flexibility index (Phi) is 5.60. The molecule has 1 aromatic heterocycles. The lowest BCUT2D eigenvalue weighted by Gasteiger charge is -2.15. The van der Waals surface area contributed by atoms with Crippen molar-refractivity contribution in [3.05, 3.63) is 94.8 Å². The fourth-order valence-electron chi connectivity index (χ4n) is 2.88. The first-order chi connectivity index (χ1) is 14.1. The molecule has 0 aliphatic heterocycles. The summed E-state index contributed by atoms with van der Waals surface area (Å²) in [7, 11) is 2.01. The summed E-state index contributed by atoms with van der Waals surface area (Å²) in [5, 5.41) is 6.26. The fourth-order valence-corrected chi connectivity index (χ4v) is 3.92. The number of thiazole rings is 1. The molecule has 0 bridgehead atoms. The topological polar surface area (TPSA) is 45.2 Å². The maximum Gasteiger partial charge on any atom is 0.257 e. The number of halogens is 1. The van der Waals surface area contributed by atoms with Crippen LogP contribution in [0.1, 0.15) is 10.4 Å². The van der Waals surface area contributed by atoms with E-state index in [4.69, 9.17) is 16.6 Å². The third kappa shape index (κ3) is 4.31. The predicted molar refractivity (Wildman–Crippen MR) is 121 cm³/mol. The first-order valence-corrected chi connectivity index (χ1v) is 10.3. The van der Waals surface area contributed by atoms with Crippen LogP contribution in [0.25, 0.3) is 11.3 Å². The van der Waals surface area contributed by atoms with Gasteiger partial charge in [0.05, 0.1) is 16.3 Å². The van der Waals surface area contributed by atoms with Crippen molar-refractivity contribution < 1.29 is 4.79 Å². The minimum Gasteiger partial charge on any atom is -0.322 e. The highest BCUT2D eigenvalue weighted by Gasteiger charge is 2.12. The van der Waals surface area contributed by atoms with Crippen LogP contribution in [0.4, 0.5) is 16.5 Å². The average molecular weight is 420 g/mol. The van der Waals surface area contributed by atoms with Gasteiger partial charge in [0.25, 0.3) is 5.91 Å². The van der Waals surface area contributed by atoms with Crippen LogP contribution in [-0.2, 0) is 0 Å². The number of aromatic nitrogens is 1. The largest absolute Gasteiger partial charge is 0.322 e. The van der Waals surface area contributed by atoms with Crippen molar-refractivity contribution in [3.8, 4) is 11.3 Å². The van der Waals surface area contributed by atoms with E-state index in [1.165, 1.54) is 0 Å². The number of anilines is 3. The van der Waals surface area contributed by atoms with E-state index in [2.05, 4.69) is 22.3 Å². The number of carbonyl (C=O) groups is 1. The number of hydrogen-bond acceptors (Lipinski definition) is 4. The Morgan fingerprint density at radius 2 is 1.66 bits per heavy atom. The van der Waals surface area contributed by atoms with Crippen LogP contribution in [0.3, 0.4) is 0 Å².